The first-order chi connectivity index (χ1) is 9.47. The van der Waals surface area contributed by atoms with Crippen molar-refractivity contribution >= 4 is 21.8 Å². The number of carbonyl (C=O) groups is 1. The number of aryl methyl sites for hydroxylation is 2. The maximum Gasteiger partial charge on any atom is 0.251 e. The average molecular weight is 336 g/mol. The second kappa shape index (κ2) is 6.18. The van der Waals surface area contributed by atoms with Crippen LogP contribution in [-0.4, -0.2) is 5.91 Å². The molecule has 4 heteroatoms. The predicted octanol–water partition coefficient (Wildman–Crippen LogP) is 4.14. The number of hydrogen-bond donors (Lipinski definition) is 1. The summed E-state index contributed by atoms with van der Waals surface area (Å²) in [5, 5.41) is 2.80. The highest BCUT2D eigenvalue weighted by atomic mass is 79.9. The van der Waals surface area contributed by atoms with Crippen molar-refractivity contribution in [3.63, 3.8) is 0 Å². The zero-order valence-electron chi connectivity index (χ0n) is 11.3. The zero-order valence-corrected chi connectivity index (χ0v) is 12.9. The third-order valence-electron chi connectivity index (χ3n) is 3.13. The highest BCUT2D eigenvalue weighted by Crippen LogP contribution is 2.16. The Morgan fingerprint density at radius 2 is 1.85 bits per heavy atom. The van der Waals surface area contributed by atoms with Gasteiger partial charge in [-0.05, 0) is 48.7 Å². The Kier molecular flexibility index (Phi) is 4.55. The van der Waals surface area contributed by atoms with E-state index in [4.69, 9.17) is 0 Å². The van der Waals surface area contributed by atoms with E-state index in [1.807, 2.05) is 25.1 Å². The lowest BCUT2D eigenvalue weighted by Gasteiger charge is -2.09. The van der Waals surface area contributed by atoms with Gasteiger partial charge in [-0.1, -0.05) is 34.1 Å². The average Bonchev–Trinajstić information content (AvgIpc) is 2.42. The third kappa shape index (κ3) is 3.45. The number of amides is 1. The fraction of sp³-hybridized carbons (Fsp3) is 0.188. The Morgan fingerprint density at radius 1 is 1.15 bits per heavy atom. The summed E-state index contributed by atoms with van der Waals surface area (Å²) < 4.78 is 14.3. The van der Waals surface area contributed by atoms with Crippen LogP contribution in [0.5, 0.6) is 0 Å². The third-order valence-corrected chi connectivity index (χ3v) is 3.63. The summed E-state index contributed by atoms with van der Waals surface area (Å²) in [6, 6.07) is 10.5. The van der Waals surface area contributed by atoms with E-state index in [0.717, 1.165) is 15.6 Å². The maximum atomic E-state index is 13.4. The lowest BCUT2D eigenvalue weighted by Crippen LogP contribution is -2.23. The van der Waals surface area contributed by atoms with Gasteiger partial charge in [-0.15, -0.1) is 0 Å². The second-order valence-electron chi connectivity index (χ2n) is 4.73. The van der Waals surface area contributed by atoms with E-state index in [9.17, 15) is 9.18 Å². The molecule has 0 radical (unpaired) electrons. The van der Waals surface area contributed by atoms with Crippen LogP contribution in [0.2, 0.25) is 0 Å². The van der Waals surface area contributed by atoms with Gasteiger partial charge in [0.15, 0.2) is 0 Å². The van der Waals surface area contributed by atoms with Crippen LogP contribution in [-0.2, 0) is 6.54 Å². The number of halogens is 2. The normalized spacial score (nSPS) is 10.4. The van der Waals surface area contributed by atoms with Crippen molar-refractivity contribution in [1.82, 2.24) is 5.32 Å². The first-order valence-corrected chi connectivity index (χ1v) is 7.06. The molecule has 0 saturated heterocycles. The van der Waals surface area contributed by atoms with Crippen molar-refractivity contribution in [1.29, 1.82) is 0 Å². The summed E-state index contributed by atoms with van der Waals surface area (Å²) in [6.45, 7) is 3.90. The molecule has 0 spiro atoms. The zero-order chi connectivity index (χ0) is 14.7. The molecule has 0 saturated carbocycles. The van der Waals surface area contributed by atoms with E-state index in [2.05, 4.69) is 21.2 Å². The predicted molar refractivity (Wildman–Crippen MR) is 81.2 cm³/mol. The molecule has 20 heavy (non-hydrogen) atoms. The first kappa shape index (κ1) is 14.7. The number of carbonyl (C=O) groups excluding carboxylic acids is 1. The SMILES string of the molecule is Cc1ccc(CNC(=O)c2cc(Br)ccc2C)cc1F. The summed E-state index contributed by atoms with van der Waals surface area (Å²) in [5.41, 5.74) is 2.87. The Bertz CT molecular complexity index is 655. The number of hydrogen-bond acceptors (Lipinski definition) is 1. The Labute approximate surface area is 126 Å². The van der Waals surface area contributed by atoms with Gasteiger partial charge in [0.25, 0.3) is 5.91 Å². The van der Waals surface area contributed by atoms with Crippen LogP contribution in [0.25, 0.3) is 0 Å². The van der Waals surface area contributed by atoms with E-state index in [-0.39, 0.29) is 11.7 Å². The topological polar surface area (TPSA) is 29.1 Å². The van der Waals surface area contributed by atoms with Gasteiger partial charge in [0.05, 0.1) is 0 Å². The molecule has 2 nitrogen and oxygen atoms in total. The van der Waals surface area contributed by atoms with E-state index < -0.39 is 0 Å². The molecule has 0 aromatic heterocycles. The molecule has 0 aliphatic heterocycles. The fourth-order valence-corrected chi connectivity index (χ4v) is 2.22. The minimum atomic E-state index is -0.254. The minimum absolute atomic E-state index is 0.162. The lowest BCUT2D eigenvalue weighted by molar-refractivity contribution is 0.0950. The molecule has 0 bridgehead atoms. The van der Waals surface area contributed by atoms with Gasteiger partial charge in [-0.25, -0.2) is 4.39 Å². The first-order valence-electron chi connectivity index (χ1n) is 6.27. The van der Waals surface area contributed by atoms with Crippen molar-refractivity contribution < 1.29 is 9.18 Å². The van der Waals surface area contributed by atoms with Gasteiger partial charge < -0.3 is 5.32 Å². The fourth-order valence-electron chi connectivity index (χ4n) is 1.86. The highest BCUT2D eigenvalue weighted by Gasteiger charge is 2.09. The van der Waals surface area contributed by atoms with Crippen molar-refractivity contribution in [2.45, 2.75) is 20.4 Å². The molecule has 0 aliphatic carbocycles. The summed E-state index contributed by atoms with van der Waals surface area (Å²) >= 11 is 3.35. The molecular formula is C16H15BrFNO. The Balaban J connectivity index is 2.08. The molecule has 2 rings (SSSR count). The molecule has 2 aromatic rings. The minimum Gasteiger partial charge on any atom is -0.348 e. The number of benzene rings is 2. The molecule has 0 unspecified atom stereocenters. The summed E-state index contributed by atoms with van der Waals surface area (Å²) in [6.07, 6.45) is 0. The molecule has 0 heterocycles. The van der Waals surface area contributed by atoms with Crippen LogP contribution >= 0.6 is 15.9 Å². The van der Waals surface area contributed by atoms with Gasteiger partial charge >= 0.3 is 0 Å². The van der Waals surface area contributed by atoms with Gasteiger partial charge in [-0.3, -0.25) is 4.79 Å². The molecule has 0 aliphatic rings. The van der Waals surface area contributed by atoms with Crippen LogP contribution in [0, 0.1) is 19.7 Å². The van der Waals surface area contributed by atoms with Crippen molar-refractivity contribution in [2.75, 3.05) is 0 Å². The molecule has 1 amide bonds. The van der Waals surface area contributed by atoms with E-state index in [1.165, 1.54) is 6.07 Å². The number of rotatable bonds is 3. The molecule has 0 fully saturated rings. The van der Waals surface area contributed by atoms with Crippen molar-refractivity contribution in [2.24, 2.45) is 0 Å². The molecule has 0 atom stereocenters. The number of nitrogens with one attached hydrogen (secondary N) is 1. The molecule has 2 aromatic carbocycles. The highest BCUT2D eigenvalue weighted by molar-refractivity contribution is 9.10. The Morgan fingerprint density at radius 3 is 2.55 bits per heavy atom. The molecular weight excluding hydrogens is 321 g/mol. The van der Waals surface area contributed by atoms with Gasteiger partial charge in [-0.2, -0.15) is 0 Å². The van der Waals surface area contributed by atoms with Crippen LogP contribution in [0.4, 0.5) is 4.39 Å². The van der Waals surface area contributed by atoms with Crippen molar-refractivity contribution in [3.05, 3.63) is 68.9 Å². The van der Waals surface area contributed by atoms with Crippen LogP contribution < -0.4 is 5.32 Å². The summed E-state index contributed by atoms with van der Waals surface area (Å²) in [4.78, 5) is 12.1. The molecule has 1 N–H and O–H groups in total. The van der Waals surface area contributed by atoms with Crippen molar-refractivity contribution in [3.8, 4) is 0 Å². The maximum absolute atomic E-state index is 13.4. The van der Waals surface area contributed by atoms with Crippen LogP contribution in [0.15, 0.2) is 40.9 Å². The van der Waals surface area contributed by atoms with Gasteiger partial charge in [0.1, 0.15) is 5.82 Å². The Hall–Kier alpha value is -1.68. The second-order valence-corrected chi connectivity index (χ2v) is 5.64. The lowest BCUT2D eigenvalue weighted by atomic mass is 10.1. The van der Waals surface area contributed by atoms with E-state index in [1.54, 1.807) is 19.1 Å². The standard InChI is InChI=1S/C16H15BrFNO/c1-10-4-6-13(17)8-14(10)16(20)19-9-12-5-3-11(2)15(18)7-12/h3-8H,9H2,1-2H3,(H,19,20). The monoisotopic (exact) mass is 335 g/mol. The quantitative estimate of drug-likeness (QED) is 0.897. The van der Waals surface area contributed by atoms with Crippen LogP contribution in [0.3, 0.4) is 0 Å². The molecule has 104 valence electrons. The van der Waals surface area contributed by atoms with E-state index >= 15 is 0 Å². The largest absolute Gasteiger partial charge is 0.348 e. The van der Waals surface area contributed by atoms with Gasteiger partial charge in [0, 0.05) is 16.6 Å². The summed E-state index contributed by atoms with van der Waals surface area (Å²) in [5.74, 6) is -0.417. The van der Waals surface area contributed by atoms with Crippen LogP contribution in [0.1, 0.15) is 27.0 Å². The van der Waals surface area contributed by atoms with E-state index in [0.29, 0.717) is 17.7 Å². The van der Waals surface area contributed by atoms with Gasteiger partial charge in [0.2, 0.25) is 0 Å². The smallest absolute Gasteiger partial charge is 0.251 e. The summed E-state index contributed by atoms with van der Waals surface area (Å²) in [7, 11) is 0.